The average Bonchev–Trinajstić information content (AvgIpc) is 4.52. The average molecular weight is 1100 g/mol. The molecule has 0 atom stereocenters. The van der Waals surface area contributed by atoms with Gasteiger partial charge in [-0.25, -0.2) is 0 Å². The van der Waals surface area contributed by atoms with Gasteiger partial charge in [-0.3, -0.25) is 0 Å². The van der Waals surface area contributed by atoms with Crippen molar-refractivity contribution in [3.05, 3.63) is 130 Å². The van der Waals surface area contributed by atoms with Gasteiger partial charge in [0, 0.05) is 77.6 Å². The molecule has 79 heavy (non-hydrogen) atoms. The number of unbranched alkanes of at least 4 members (excludes halogenated alkanes) is 16. The molecule has 6 nitrogen and oxygen atoms in total. The van der Waals surface area contributed by atoms with Gasteiger partial charge in [0.15, 0.2) is 11.5 Å². The van der Waals surface area contributed by atoms with E-state index in [0.29, 0.717) is 13.2 Å². The van der Waals surface area contributed by atoms with Gasteiger partial charge in [-0.15, -0.1) is 22.7 Å². The molecule has 0 N–H and O–H groups in total. The van der Waals surface area contributed by atoms with Gasteiger partial charge < -0.3 is 18.6 Å². The van der Waals surface area contributed by atoms with E-state index in [2.05, 4.69) is 170 Å². The van der Waals surface area contributed by atoms with Crippen LogP contribution >= 0.6 is 34.4 Å². The second kappa shape index (κ2) is 28.2. The third-order valence-electron chi connectivity index (χ3n) is 15.5. The molecule has 0 fully saturated rings. The molecule has 0 aliphatic heterocycles. The lowest BCUT2D eigenvalue weighted by Gasteiger charge is -2.20. The van der Waals surface area contributed by atoms with Crippen molar-refractivity contribution in [2.75, 3.05) is 13.2 Å². The van der Waals surface area contributed by atoms with E-state index in [0.717, 1.165) is 103 Å². The second-order valence-corrected chi connectivity index (χ2v) is 24.0. The highest BCUT2D eigenvalue weighted by atomic mass is 32.1. The van der Waals surface area contributed by atoms with E-state index >= 15 is 0 Å². The van der Waals surface area contributed by atoms with Crippen LogP contribution in [-0.2, 0) is 13.1 Å². The maximum absolute atomic E-state index is 7.10. The van der Waals surface area contributed by atoms with Crippen molar-refractivity contribution in [1.82, 2.24) is 17.9 Å². The zero-order valence-corrected chi connectivity index (χ0v) is 49.6. The lowest BCUT2D eigenvalue weighted by atomic mass is 10.0. The summed E-state index contributed by atoms with van der Waals surface area (Å²) in [7, 11) is 0. The Bertz CT molecular complexity index is 3510. The summed E-state index contributed by atoms with van der Waals surface area (Å²) in [5.74, 6) is 15.8. The van der Waals surface area contributed by atoms with Gasteiger partial charge >= 0.3 is 0 Å². The molecule has 408 valence electrons. The van der Waals surface area contributed by atoms with E-state index in [-0.39, 0.29) is 0 Å². The predicted molar refractivity (Wildman–Crippen MR) is 341 cm³/mol. The Morgan fingerprint density at radius 1 is 0.392 bits per heavy atom. The van der Waals surface area contributed by atoms with E-state index in [1.165, 1.54) is 158 Å². The topological polar surface area (TPSA) is 54.1 Å². The fourth-order valence-electron chi connectivity index (χ4n) is 11.3. The normalized spacial score (nSPS) is 11.5. The molecule has 0 bridgehead atoms. The first kappa shape index (κ1) is 55.9. The van der Waals surface area contributed by atoms with E-state index in [1.54, 1.807) is 22.7 Å². The van der Waals surface area contributed by atoms with Crippen LogP contribution in [-0.4, -0.2) is 31.1 Å². The van der Waals surface area contributed by atoms with Crippen LogP contribution in [0.1, 0.15) is 177 Å². The molecular formula is C70H78N4O2S3. The first-order valence-corrected chi connectivity index (χ1v) is 32.3. The number of ether oxygens (including phenoxy) is 2. The van der Waals surface area contributed by atoms with Crippen LogP contribution in [0.4, 0.5) is 0 Å². The molecule has 0 unspecified atom stereocenters. The van der Waals surface area contributed by atoms with Crippen molar-refractivity contribution in [3.8, 4) is 56.1 Å². The first-order chi connectivity index (χ1) is 39.1. The lowest BCUT2D eigenvalue weighted by molar-refractivity contribution is 0.260. The summed E-state index contributed by atoms with van der Waals surface area (Å²) in [5, 5.41) is 5.10. The van der Waals surface area contributed by atoms with Crippen molar-refractivity contribution < 1.29 is 9.47 Å². The van der Waals surface area contributed by atoms with E-state index in [4.69, 9.17) is 18.2 Å². The van der Waals surface area contributed by atoms with Crippen LogP contribution in [0.25, 0.3) is 75.5 Å². The van der Waals surface area contributed by atoms with Gasteiger partial charge in [-0.1, -0.05) is 191 Å². The molecule has 0 saturated carbocycles. The maximum Gasteiger partial charge on any atom is 0.172 e. The summed E-state index contributed by atoms with van der Waals surface area (Å²) in [5.41, 5.74) is 10.7. The SMILES string of the molecule is CCCCCCCCOc1c(OCCCCCCCC)c(-c2ccc(C#Cc3ccc4c(c3)c3ccccc3n4CCCCCC)s2)c2nsnc2c1-c1ccc(C#Cc2ccc3c(c2)c2ccccc2n3CCCCCC)s1. The molecule has 0 radical (unpaired) electrons. The van der Waals surface area contributed by atoms with Crippen LogP contribution in [0.5, 0.6) is 11.5 Å². The minimum Gasteiger partial charge on any atom is -0.489 e. The number of thiophene rings is 2. The van der Waals surface area contributed by atoms with Crippen LogP contribution in [0.2, 0.25) is 0 Å². The highest BCUT2D eigenvalue weighted by Gasteiger charge is 2.29. The molecule has 5 aromatic heterocycles. The molecule has 0 saturated heterocycles. The van der Waals surface area contributed by atoms with E-state index < -0.39 is 0 Å². The Morgan fingerprint density at radius 2 is 0.785 bits per heavy atom. The van der Waals surface area contributed by atoms with Crippen LogP contribution in [0, 0.1) is 23.7 Å². The monoisotopic (exact) mass is 1100 g/mol. The third kappa shape index (κ3) is 13.3. The number of para-hydroxylation sites is 2. The van der Waals surface area contributed by atoms with Crippen LogP contribution < -0.4 is 9.47 Å². The Morgan fingerprint density at radius 3 is 1.23 bits per heavy atom. The number of nitrogens with zero attached hydrogens (tertiary/aromatic N) is 4. The van der Waals surface area contributed by atoms with Gasteiger partial charge in [-0.05, 0) is 98.5 Å². The number of aryl methyl sites for hydroxylation is 2. The van der Waals surface area contributed by atoms with Gasteiger partial charge in [0.2, 0.25) is 0 Å². The fourth-order valence-corrected chi connectivity index (χ4v) is 13.7. The van der Waals surface area contributed by atoms with Crippen LogP contribution in [0.3, 0.4) is 0 Å². The number of fused-ring (bicyclic) bond motifs is 7. The molecule has 5 aromatic carbocycles. The highest BCUT2D eigenvalue weighted by molar-refractivity contribution is 7.16. The fraction of sp³-hybridized carbons (Fsp3) is 0.400. The quantitative estimate of drug-likeness (QED) is 0.0362. The van der Waals surface area contributed by atoms with Crippen molar-refractivity contribution in [1.29, 1.82) is 0 Å². The Kier molecular flexibility index (Phi) is 19.9. The van der Waals surface area contributed by atoms with Crippen LogP contribution in [0.15, 0.2) is 109 Å². The van der Waals surface area contributed by atoms with Gasteiger partial charge in [0.25, 0.3) is 0 Å². The van der Waals surface area contributed by atoms with Crippen molar-refractivity contribution >= 4 is 89.0 Å². The van der Waals surface area contributed by atoms with E-state index in [1.807, 2.05) is 0 Å². The Hall–Kier alpha value is -6.36. The maximum atomic E-state index is 7.10. The summed E-state index contributed by atoms with van der Waals surface area (Å²) in [6.45, 7) is 12.3. The molecule has 9 heteroatoms. The molecule has 0 aliphatic rings. The largest absolute Gasteiger partial charge is 0.489 e. The summed E-state index contributed by atoms with van der Waals surface area (Å²) >= 11 is 4.63. The molecular weight excluding hydrogens is 1020 g/mol. The zero-order valence-electron chi connectivity index (χ0n) is 47.2. The first-order valence-electron chi connectivity index (χ1n) is 29.9. The lowest BCUT2D eigenvalue weighted by Crippen LogP contribution is -2.06. The van der Waals surface area contributed by atoms with E-state index in [9.17, 15) is 0 Å². The standard InChI is InChI=1S/C70H78N4O2S3/c1-5-9-13-17-19-27-47-75-69-65(63-43-39-53(77-63)37-33-51-35-41-61-57(49-51)55-29-21-23-31-59(55)73(61)45-25-15-11-7-3)67-68(72-79-71-67)66(70(69)76-48-28-20-18-14-10-6-2)64-44-40-54(78-64)38-34-52-36-42-62-58(50-52)56-30-22-24-32-60(56)74(62)46-26-16-12-8-4/h21-24,29-32,35-36,39-44,49-50H,5-20,25-28,45-48H2,1-4H3. The summed E-state index contributed by atoms with van der Waals surface area (Å²) in [4.78, 5) is 4.07. The minimum atomic E-state index is 0.591. The molecule has 0 aliphatic carbocycles. The zero-order chi connectivity index (χ0) is 54.2. The van der Waals surface area contributed by atoms with Crippen molar-refractivity contribution in [2.24, 2.45) is 0 Å². The van der Waals surface area contributed by atoms with Gasteiger partial charge in [0.1, 0.15) is 11.0 Å². The second-order valence-electron chi connectivity index (χ2n) is 21.4. The molecule has 10 aromatic rings. The summed E-state index contributed by atoms with van der Waals surface area (Å²) in [6.07, 6.45) is 24.0. The Balaban J connectivity index is 0.998. The third-order valence-corrected chi connectivity index (χ3v) is 18.1. The highest BCUT2D eigenvalue weighted by Crippen LogP contribution is 2.53. The molecule has 5 heterocycles. The number of benzene rings is 5. The molecule has 10 rings (SSSR count). The van der Waals surface area contributed by atoms with Crippen molar-refractivity contribution in [3.63, 3.8) is 0 Å². The number of hydrogen-bond donors (Lipinski definition) is 0. The Labute approximate surface area is 481 Å². The number of hydrogen-bond acceptors (Lipinski definition) is 7. The van der Waals surface area contributed by atoms with Gasteiger partial charge in [0.05, 0.1) is 45.8 Å². The molecule has 0 amide bonds. The minimum absolute atomic E-state index is 0.591. The number of rotatable bonds is 28. The smallest absolute Gasteiger partial charge is 0.172 e. The van der Waals surface area contributed by atoms with Gasteiger partial charge in [-0.2, -0.15) is 8.75 Å². The molecule has 0 spiro atoms. The van der Waals surface area contributed by atoms with Crippen molar-refractivity contribution in [2.45, 2.75) is 169 Å². The summed E-state index contributed by atoms with van der Waals surface area (Å²) in [6, 6.07) is 39.8. The predicted octanol–water partition coefficient (Wildman–Crippen LogP) is 20.8. The number of aromatic nitrogens is 4. The summed E-state index contributed by atoms with van der Waals surface area (Å²) < 4.78 is 29.4.